The molecule has 2 aliphatic rings. The third-order valence-corrected chi connectivity index (χ3v) is 5.77. The van der Waals surface area contributed by atoms with Gasteiger partial charge in [0.05, 0.1) is 0 Å². The number of nitrogens with zero attached hydrogens (tertiary/aromatic N) is 6. The fourth-order valence-electron chi connectivity index (χ4n) is 3.39. The molecule has 0 atom stereocenters. The number of piperidine rings is 1. The summed E-state index contributed by atoms with van der Waals surface area (Å²) in [6.07, 6.45) is 5.82. The number of hydrogen-bond acceptors (Lipinski definition) is 7. The molecule has 2 aromatic rings. The quantitative estimate of drug-likeness (QED) is 0.853. The van der Waals surface area contributed by atoms with E-state index in [0.717, 1.165) is 56.0 Å². The molecule has 0 bridgehead atoms. The van der Waals surface area contributed by atoms with Gasteiger partial charge in [-0.15, -0.1) is 21.5 Å². The SMILES string of the molecule is Cc1cnc(N2CCN(c3ccc(N4CCCCC4)nn3)CC2)s1. The molecule has 2 saturated heterocycles. The molecule has 0 aromatic carbocycles. The van der Waals surface area contributed by atoms with Crippen LogP contribution in [0.3, 0.4) is 0 Å². The first kappa shape index (κ1) is 15.6. The van der Waals surface area contributed by atoms with Crippen LogP contribution < -0.4 is 14.7 Å². The molecule has 128 valence electrons. The third kappa shape index (κ3) is 3.31. The highest BCUT2D eigenvalue weighted by Gasteiger charge is 2.21. The Morgan fingerprint density at radius 2 is 1.38 bits per heavy atom. The summed E-state index contributed by atoms with van der Waals surface area (Å²) in [6, 6.07) is 4.25. The fourth-order valence-corrected chi connectivity index (χ4v) is 4.20. The van der Waals surface area contributed by atoms with Crippen molar-refractivity contribution in [1.82, 2.24) is 15.2 Å². The van der Waals surface area contributed by atoms with Crippen LogP contribution in [-0.4, -0.2) is 54.4 Å². The van der Waals surface area contributed by atoms with E-state index in [0.29, 0.717) is 0 Å². The molecule has 7 heteroatoms. The highest BCUT2D eigenvalue weighted by atomic mass is 32.1. The lowest BCUT2D eigenvalue weighted by atomic mass is 10.1. The van der Waals surface area contributed by atoms with Gasteiger partial charge in [0.25, 0.3) is 0 Å². The molecule has 0 saturated carbocycles. The predicted octanol–water partition coefficient (Wildman–Crippen LogP) is 2.56. The molecule has 0 amide bonds. The van der Waals surface area contributed by atoms with Gasteiger partial charge in [-0.05, 0) is 38.3 Å². The van der Waals surface area contributed by atoms with Crippen LogP contribution in [0.2, 0.25) is 0 Å². The molecule has 2 fully saturated rings. The average molecular weight is 344 g/mol. The number of hydrogen-bond donors (Lipinski definition) is 0. The van der Waals surface area contributed by atoms with Gasteiger partial charge < -0.3 is 14.7 Å². The summed E-state index contributed by atoms with van der Waals surface area (Å²) in [7, 11) is 0. The summed E-state index contributed by atoms with van der Waals surface area (Å²) in [6.45, 7) is 8.24. The van der Waals surface area contributed by atoms with Crippen molar-refractivity contribution in [3.8, 4) is 0 Å². The molecule has 24 heavy (non-hydrogen) atoms. The normalized spacial score (nSPS) is 19.0. The molecule has 6 nitrogen and oxygen atoms in total. The van der Waals surface area contributed by atoms with Crippen LogP contribution in [0, 0.1) is 6.92 Å². The van der Waals surface area contributed by atoms with Crippen LogP contribution >= 0.6 is 11.3 Å². The second-order valence-corrected chi connectivity index (χ2v) is 7.74. The van der Waals surface area contributed by atoms with Gasteiger partial charge in [-0.2, -0.15) is 0 Å². The van der Waals surface area contributed by atoms with Gasteiger partial charge in [-0.3, -0.25) is 0 Å². The molecular formula is C17H24N6S. The Morgan fingerprint density at radius 3 is 1.92 bits per heavy atom. The van der Waals surface area contributed by atoms with E-state index in [-0.39, 0.29) is 0 Å². The highest BCUT2D eigenvalue weighted by molar-refractivity contribution is 7.15. The van der Waals surface area contributed by atoms with Gasteiger partial charge in [-0.1, -0.05) is 0 Å². The Balaban J connectivity index is 1.37. The number of anilines is 3. The van der Waals surface area contributed by atoms with Crippen LogP contribution in [0.4, 0.5) is 16.8 Å². The zero-order valence-electron chi connectivity index (χ0n) is 14.2. The smallest absolute Gasteiger partial charge is 0.185 e. The minimum absolute atomic E-state index is 0.969. The molecule has 2 aliphatic heterocycles. The molecule has 0 radical (unpaired) electrons. The summed E-state index contributed by atoms with van der Waals surface area (Å²) in [5.74, 6) is 2.01. The molecule has 4 heterocycles. The Labute approximate surface area is 147 Å². The maximum absolute atomic E-state index is 4.49. The van der Waals surface area contributed by atoms with Crippen LogP contribution in [0.1, 0.15) is 24.1 Å². The van der Waals surface area contributed by atoms with Crippen LogP contribution in [0.25, 0.3) is 0 Å². The Hall–Kier alpha value is -1.89. The van der Waals surface area contributed by atoms with Gasteiger partial charge in [0, 0.05) is 50.3 Å². The maximum atomic E-state index is 4.49. The number of thiazole rings is 1. The fraction of sp³-hybridized carbons (Fsp3) is 0.588. The molecule has 0 unspecified atom stereocenters. The zero-order chi connectivity index (χ0) is 16.4. The summed E-state index contributed by atoms with van der Waals surface area (Å²) in [4.78, 5) is 12.8. The van der Waals surface area contributed by atoms with Crippen LogP contribution in [0.15, 0.2) is 18.3 Å². The van der Waals surface area contributed by atoms with Gasteiger partial charge >= 0.3 is 0 Å². The molecule has 2 aromatic heterocycles. The number of rotatable bonds is 3. The first-order valence-electron chi connectivity index (χ1n) is 8.80. The Bertz CT molecular complexity index is 656. The lowest BCUT2D eigenvalue weighted by Gasteiger charge is -2.35. The average Bonchev–Trinajstić information content (AvgIpc) is 3.09. The number of aryl methyl sites for hydroxylation is 1. The minimum atomic E-state index is 0.969. The van der Waals surface area contributed by atoms with E-state index in [1.807, 2.05) is 6.20 Å². The first-order chi connectivity index (χ1) is 11.8. The van der Waals surface area contributed by atoms with Crippen molar-refractivity contribution >= 4 is 28.1 Å². The molecule has 0 N–H and O–H groups in total. The third-order valence-electron chi connectivity index (χ3n) is 4.80. The summed E-state index contributed by atoms with van der Waals surface area (Å²) in [5.41, 5.74) is 0. The van der Waals surface area contributed by atoms with E-state index in [1.54, 1.807) is 11.3 Å². The zero-order valence-corrected chi connectivity index (χ0v) is 15.0. The molecule has 0 aliphatic carbocycles. The number of piperazine rings is 1. The van der Waals surface area contributed by atoms with Gasteiger partial charge in [-0.25, -0.2) is 4.98 Å². The topological polar surface area (TPSA) is 48.4 Å². The maximum Gasteiger partial charge on any atom is 0.185 e. The van der Waals surface area contributed by atoms with Gasteiger partial charge in [0.15, 0.2) is 16.8 Å². The Morgan fingerprint density at radius 1 is 0.792 bits per heavy atom. The lowest BCUT2D eigenvalue weighted by molar-refractivity contribution is 0.570. The predicted molar refractivity (Wildman–Crippen MR) is 99.4 cm³/mol. The summed E-state index contributed by atoms with van der Waals surface area (Å²) >= 11 is 1.77. The number of aromatic nitrogens is 3. The second kappa shape index (κ2) is 6.93. The van der Waals surface area contributed by atoms with Crippen molar-refractivity contribution in [1.29, 1.82) is 0 Å². The largest absolute Gasteiger partial charge is 0.355 e. The van der Waals surface area contributed by atoms with E-state index in [4.69, 9.17) is 0 Å². The minimum Gasteiger partial charge on any atom is -0.355 e. The van der Waals surface area contributed by atoms with E-state index >= 15 is 0 Å². The summed E-state index contributed by atoms with van der Waals surface area (Å²) in [5, 5.41) is 10.1. The van der Waals surface area contributed by atoms with Gasteiger partial charge in [0.1, 0.15) is 0 Å². The van der Waals surface area contributed by atoms with Crippen LogP contribution in [0.5, 0.6) is 0 Å². The van der Waals surface area contributed by atoms with Crippen molar-refractivity contribution < 1.29 is 0 Å². The van der Waals surface area contributed by atoms with Crippen molar-refractivity contribution in [3.63, 3.8) is 0 Å². The second-order valence-electron chi connectivity index (χ2n) is 6.53. The monoisotopic (exact) mass is 344 g/mol. The van der Waals surface area contributed by atoms with E-state index < -0.39 is 0 Å². The Kier molecular flexibility index (Phi) is 4.51. The van der Waals surface area contributed by atoms with Crippen molar-refractivity contribution in [2.75, 3.05) is 54.0 Å². The first-order valence-corrected chi connectivity index (χ1v) is 9.62. The lowest BCUT2D eigenvalue weighted by Crippen LogP contribution is -2.46. The molecule has 4 rings (SSSR count). The van der Waals surface area contributed by atoms with E-state index in [9.17, 15) is 0 Å². The summed E-state index contributed by atoms with van der Waals surface area (Å²) < 4.78 is 0. The standard InChI is InChI=1S/C17H24N6S/c1-14-13-18-17(24-14)23-11-9-22(10-12-23)16-6-5-15(19-20-16)21-7-3-2-4-8-21/h5-6,13H,2-4,7-12H2,1H3. The highest BCUT2D eigenvalue weighted by Crippen LogP contribution is 2.24. The van der Waals surface area contributed by atoms with E-state index in [2.05, 4.69) is 48.9 Å². The van der Waals surface area contributed by atoms with Crippen molar-refractivity contribution in [2.24, 2.45) is 0 Å². The van der Waals surface area contributed by atoms with Crippen molar-refractivity contribution in [3.05, 3.63) is 23.2 Å². The molecular weight excluding hydrogens is 320 g/mol. The van der Waals surface area contributed by atoms with Gasteiger partial charge in [0.2, 0.25) is 0 Å². The van der Waals surface area contributed by atoms with Crippen molar-refractivity contribution in [2.45, 2.75) is 26.2 Å². The van der Waals surface area contributed by atoms with Crippen LogP contribution in [-0.2, 0) is 0 Å². The molecule has 0 spiro atoms. The van der Waals surface area contributed by atoms with E-state index in [1.165, 1.54) is 24.1 Å².